The van der Waals surface area contributed by atoms with Crippen molar-refractivity contribution in [1.29, 1.82) is 0 Å². The first-order valence-corrected chi connectivity index (χ1v) is 4.94. The average molecular weight is 189 g/mol. The molecule has 0 aromatic rings. The van der Waals surface area contributed by atoms with Crippen LogP contribution >= 0.6 is 0 Å². The van der Waals surface area contributed by atoms with E-state index in [2.05, 4.69) is 5.32 Å². The third-order valence-electron chi connectivity index (χ3n) is 2.10. The van der Waals surface area contributed by atoms with Crippen LogP contribution in [0.25, 0.3) is 0 Å². The summed E-state index contributed by atoms with van der Waals surface area (Å²) in [4.78, 5) is 0. The third-order valence-corrected chi connectivity index (χ3v) is 2.10. The Labute approximate surface area is 79.2 Å². The van der Waals surface area contributed by atoms with Crippen molar-refractivity contribution in [1.82, 2.24) is 5.32 Å². The molecule has 4 nitrogen and oxygen atoms in total. The Kier molecular flexibility index (Phi) is 6.10. The molecule has 13 heavy (non-hydrogen) atoms. The minimum Gasteiger partial charge on any atom is -0.396 e. The zero-order valence-corrected chi connectivity index (χ0v) is 8.00. The molecule has 0 bridgehead atoms. The van der Waals surface area contributed by atoms with Gasteiger partial charge in [-0.1, -0.05) is 0 Å². The van der Waals surface area contributed by atoms with E-state index >= 15 is 0 Å². The zero-order chi connectivity index (χ0) is 9.36. The van der Waals surface area contributed by atoms with Gasteiger partial charge in [0.25, 0.3) is 0 Å². The van der Waals surface area contributed by atoms with Gasteiger partial charge >= 0.3 is 0 Å². The van der Waals surface area contributed by atoms with E-state index in [4.69, 9.17) is 14.6 Å². The zero-order valence-electron chi connectivity index (χ0n) is 8.00. The lowest BCUT2D eigenvalue weighted by Crippen LogP contribution is -2.34. The SMILES string of the molecule is OCCCCNCC1CCOCO1. The molecule has 0 radical (unpaired) electrons. The highest BCUT2D eigenvalue weighted by atomic mass is 16.7. The molecule has 4 heteroatoms. The molecule has 0 saturated carbocycles. The number of ether oxygens (including phenoxy) is 2. The third kappa shape index (κ3) is 5.21. The lowest BCUT2D eigenvalue weighted by molar-refractivity contribution is -0.137. The van der Waals surface area contributed by atoms with E-state index in [1.165, 1.54) is 0 Å². The van der Waals surface area contributed by atoms with Gasteiger partial charge in [0.2, 0.25) is 0 Å². The van der Waals surface area contributed by atoms with Crippen LogP contribution < -0.4 is 5.32 Å². The maximum Gasteiger partial charge on any atom is 0.147 e. The molecule has 2 N–H and O–H groups in total. The lowest BCUT2D eigenvalue weighted by atomic mass is 10.2. The molecule has 1 aliphatic heterocycles. The minimum atomic E-state index is 0.287. The summed E-state index contributed by atoms with van der Waals surface area (Å²) >= 11 is 0. The standard InChI is InChI=1S/C9H19NO3/c11-5-2-1-4-10-7-9-3-6-12-8-13-9/h9-11H,1-8H2. The van der Waals surface area contributed by atoms with Crippen LogP contribution in [-0.2, 0) is 9.47 Å². The summed E-state index contributed by atoms with van der Waals surface area (Å²) in [7, 11) is 0. The number of aliphatic hydroxyl groups is 1. The van der Waals surface area contributed by atoms with Gasteiger partial charge < -0.3 is 19.9 Å². The first-order chi connectivity index (χ1) is 6.43. The quantitative estimate of drug-likeness (QED) is 0.582. The summed E-state index contributed by atoms with van der Waals surface area (Å²) < 4.78 is 10.4. The van der Waals surface area contributed by atoms with Gasteiger partial charge in [0, 0.05) is 13.2 Å². The lowest BCUT2D eigenvalue weighted by Gasteiger charge is -2.22. The number of unbranched alkanes of at least 4 members (excludes halogenated alkanes) is 1. The normalized spacial score (nSPS) is 23.3. The van der Waals surface area contributed by atoms with Crippen LogP contribution in [-0.4, -0.2) is 44.3 Å². The fourth-order valence-electron chi connectivity index (χ4n) is 1.29. The van der Waals surface area contributed by atoms with E-state index in [-0.39, 0.29) is 6.61 Å². The number of hydrogen-bond donors (Lipinski definition) is 2. The summed E-state index contributed by atoms with van der Waals surface area (Å²) in [5, 5.41) is 11.8. The van der Waals surface area contributed by atoms with Crippen molar-refractivity contribution in [2.75, 3.05) is 33.1 Å². The predicted molar refractivity (Wildman–Crippen MR) is 49.5 cm³/mol. The Balaban J connectivity index is 1.86. The Bertz CT molecular complexity index is 115. The second-order valence-corrected chi connectivity index (χ2v) is 3.24. The molecular weight excluding hydrogens is 170 g/mol. The second-order valence-electron chi connectivity index (χ2n) is 3.24. The first kappa shape index (κ1) is 10.9. The van der Waals surface area contributed by atoms with E-state index in [1.54, 1.807) is 0 Å². The van der Waals surface area contributed by atoms with Crippen molar-refractivity contribution in [3.8, 4) is 0 Å². The Morgan fingerprint density at radius 2 is 2.31 bits per heavy atom. The Morgan fingerprint density at radius 1 is 1.38 bits per heavy atom. The molecule has 0 aromatic heterocycles. The van der Waals surface area contributed by atoms with Gasteiger partial charge in [-0.15, -0.1) is 0 Å². The van der Waals surface area contributed by atoms with Crippen molar-refractivity contribution in [3.63, 3.8) is 0 Å². The molecule has 0 spiro atoms. The van der Waals surface area contributed by atoms with Crippen LogP contribution in [0.15, 0.2) is 0 Å². The van der Waals surface area contributed by atoms with Crippen LogP contribution in [0.5, 0.6) is 0 Å². The summed E-state index contributed by atoms with van der Waals surface area (Å²) in [5.41, 5.74) is 0. The molecule has 0 aromatic carbocycles. The van der Waals surface area contributed by atoms with Crippen LogP contribution in [0.2, 0.25) is 0 Å². The van der Waals surface area contributed by atoms with Crippen molar-refractivity contribution < 1.29 is 14.6 Å². The predicted octanol–water partition coefficient (Wildman–Crippen LogP) is 0.111. The largest absolute Gasteiger partial charge is 0.396 e. The molecular formula is C9H19NO3. The van der Waals surface area contributed by atoms with Gasteiger partial charge in [-0.25, -0.2) is 0 Å². The molecule has 0 aliphatic carbocycles. The molecule has 78 valence electrons. The fraction of sp³-hybridized carbons (Fsp3) is 1.00. The molecule has 1 aliphatic rings. The smallest absolute Gasteiger partial charge is 0.147 e. The van der Waals surface area contributed by atoms with Gasteiger partial charge in [0.1, 0.15) is 6.79 Å². The summed E-state index contributed by atoms with van der Waals surface area (Å²) in [6.07, 6.45) is 3.19. The van der Waals surface area contributed by atoms with Crippen LogP contribution in [0.1, 0.15) is 19.3 Å². The van der Waals surface area contributed by atoms with Gasteiger partial charge in [0.05, 0.1) is 12.7 Å². The van der Waals surface area contributed by atoms with E-state index in [9.17, 15) is 0 Å². The number of rotatable bonds is 6. The monoisotopic (exact) mass is 189 g/mol. The second kappa shape index (κ2) is 7.26. The molecule has 1 unspecified atom stereocenters. The van der Waals surface area contributed by atoms with E-state index < -0.39 is 0 Å². The molecule has 1 heterocycles. The Morgan fingerprint density at radius 3 is 3.00 bits per heavy atom. The number of nitrogens with one attached hydrogen (secondary N) is 1. The topological polar surface area (TPSA) is 50.7 Å². The van der Waals surface area contributed by atoms with Crippen LogP contribution in [0, 0.1) is 0 Å². The van der Waals surface area contributed by atoms with Crippen molar-refractivity contribution in [2.24, 2.45) is 0 Å². The summed E-state index contributed by atoms with van der Waals surface area (Å²) in [6, 6.07) is 0. The fourth-order valence-corrected chi connectivity index (χ4v) is 1.29. The molecule has 0 amide bonds. The van der Waals surface area contributed by atoms with Gasteiger partial charge in [-0.05, 0) is 25.8 Å². The maximum absolute atomic E-state index is 8.55. The summed E-state index contributed by atoms with van der Waals surface area (Å²) in [5.74, 6) is 0. The van der Waals surface area contributed by atoms with E-state index in [0.717, 1.165) is 39.0 Å². The molecule has 1 saturated heterocycles. The number of aliphatic hydroxyl groups excluding tert-OH is 1. The van der Waals surface area contributed by atoms with Crippen molar-refractivity contribution in [2.45, 2.75) is 25.4 Å². The minimum absolute atomic E-state index is 0.287. The van der Waals surface area contributed by atoms with E-state index in [0.29, 0.717) is 12.9 Å². The molecule has 1 fully saturated rings. The summed E-state index contributed by atoms with van der Waals surface area (Å²) in [6.45, 7) is 3.39. The van der Waals surface area contributed by atoms with Gasteiger partial charge in [-0.2, -0.15) is 0 Å². The van der Waals surface area contributed by atoms with Crippen molar-refractivity contribution in [3.05, 3.63) is 0 Å². The van der Waals surface area contributed by atoms with Gasteiger partial charge in [0.15, 0.2) is 0 Å². The highest BCUT2D eigenvalue weighted by molar-refractivity contribution is 4.63. The maximum atomic E-state index is 8.55. The highest BCUT2D eigenvalue weighted by Gasteiger charge is 2.12. The van der Waals surface area contributed by atoms with Crippen LogP contribution in [0.3, 0.4) is 0 Å². The molecule has 1 rings (SSSR count). The average Bonchev–Trinajstić information content (AvgIpc) is 2.19. The molecule has 1 atom stereocenters. The van der Waals surface area contributed by atoms with Crippen molar-refractivity contribution >= 4 is 0 Å². The van der Waals surface area contributed by atoms with Gasteiger partial charge in [-0.3, -0.25) is 0 Å². The number of hydrogen-bond acceptors (Lipinski definition) is 4. The van der Waals surface area contributed by atoms with E-state index in [1.807, 2.05) is 0 Å². The van der Waals surface area contributed by atoms with Crippen LogP contribution in [0.4, 0.5) is 0 Å². The highest BCUT2D eigenvalue weighted by Crippen LogP contribution is 2.04. The first-order valence-electron chi connectivity index (χ1n) is 4.94. The Hall–Kier alpha value is -0.160.